The van der Waals surface area contributed by atoms with Gasteiger partial charge in [0.1, 0.15) is 11.6 Å². The zero-order valence-corrected chi connectivity index (χ0v) is 17.9. The number of aryl methyl sites for hydroxylation is 1. The summed E-state index contributed by atoms with van der Waals surface area (Å²) in [6, 6.07) is 5.87. The second-order valence-electron chi connectivity index (χ2n) is 7.59. The van der Waals surface area contributed by atoms with E-state index in [2.05, 4.69) is 31.7 Å². The summed E-state index contributed by atoms with van der Waals surface area (Å²) in [6.45, 7) is 2.45. The van der Waals surface area contributed by atoms with Crippen molar-refractivity contribution < 1.29 is 9.84 Å². The maximum atomic E-state index is 11.8. The van der Waals surface area contributed by atoms with E-state index in [0.717, 1.165) is 52.1 Å². The largest absolute Gasteiger partial charge is 0.619 e. The van der Waals surface area contributed by atoms with Crippen LogP contribution in [0.5, 0.6) is 0 Å². The first-order valence-electron chi connectivity index (χ1n) is 9.89. The lowest BCUT2D eigenvalue weighted by molar-refractivity contribution is -0.612. The second-order valence-corrected chi connectivity index (χ2v) is 8.44. The minimum Gasteiger partial charge on any atom is -0.619 e. The van der Waals surface area contributed by atoms with Gasteiger partial charge in [-0.3, -0.25) is 0 Å². The third-order valence-corrected chi connectivity index (χ3v) is 6.11. The Morgan fingerprint density at radius 1 is 1.34 bits per heavy atom. The molecule has 154 valence electrons. The lowest BCUT2D eigenvalue weighted by Crippen LogP contribution is -2.34. The van der Waals surface area contributed by atoms with E-state index >= 15 is 0 Å². The van der Waals surface area contributed by atoms with Gasteiger partial charge in [0.2, 0.25) is 0 Å². The van der Waals surface area contributed by atoms with Gasteiger partial charge >= 0.3 is 0 Å². The van der Waals surface area contributed by atoms with Gasteiger partial charge in [0.15, 0.2) is 17.5 Å². The molecule has 2 atom stereocenters. The van der Waals surface area contributed by atoms with Crippen LogP contribution in [0.1, 0.15) is 36.9 Å². The Hall–Kier alpha value is -2.39. The Kier molecular flexibility index (Phi) is 5.86. The third kappa shape index (κ3) is 4.30. The lowest BCUT2D eigenvalue weighted by atomic mass is 9.85. The van der Waals surface area contributed by atoms with Crippen molar-refractivity contribution in [1.29, 1.82) is 0 Å². The average molecular weight is 461 g/mol. The molecular weight excluding hydrogens is 436 g/mol. The number of hydrogen-bond donors (Lipinski definition) is 3. The number of fused-ring (bicyclic) bond motifs is 1. The number of anilines is 2. The fourth-order valence-electron chi connectivity index (χ4n) is 3.84. The molecule has 1 aliphatic carbocycles. The zero-order valence-electron chi connectivity index (χ0n) is 16.3. The number of aliphatic hydroxyl groups excluding tert-OH is 1. The molecule has 0 bridgehead atoms. The van der Waals surface area contributed by atoms with Crippen LogP contribution in [0.15, 0.2) is 35.1 Å². The van der Waals surface area contributed by atoms with Gasteiger partial charge in [-0.25, -0.2) is 4.98 Å². The molecule has 0 aromatic carbocycles. The van der Waals surface area contributed by atoms with E-state index in [9.17, 15) is 10.3 Å². The number of rotatable bonds is 6. The second kappa shape index (κ2) is 8.54. The molecule has 0 saturated heterocycles. The summed E-state index contributed by atoms with van der Waals surface area (Å²) in [5.74, 6) is 1.76. The van der Waals surface area contributed by atoms with Crippen molar-refractivity contribution in [2.45, 2.75) is 45.2 Å². The Labute approximate surface area is 177 Å². The number of nitrogens with zero attached hydrogens (tertiary/aromatic N) is 4. The molecule has 3 aromatic rings. The summed E-state index contributed by atoms with van der Waals surface area (Å²) in [5, 5.41) is 32.8. The molecule has 29 heavy (non-hydrogen) atoms. The summed E-state index contributed by atoms with van der Waals surface area (Å²) in [4.78, 5) is 4.71. The van der Waals surface area contributed by atoms with Crippen molar-refractivity contribution in [2.24, 2.45) is 5.92 Å². The molecule has 1 fully saturated rings. The van der Waals surface area contributed by atoms with E-state index in [1.54, 1.807) is 23.8 Å². The van der Waals surface area contributed by atoms with E-state index in [1.807, 2.05) is 18.2 Å². The van der Waals surface area contributed by atoms with Gasteiger partial charge in [-0.2, -0.15) is 14.3 Å². The minimum absolute atomic E-state index is 0.185. The predicted molar refractivity (Wildman–Crippen MR) is 115 cm³/mol. The van der Waals surface area contributed by atoms with Crippen LogP contribution >= 0.6 is 15.9 Å². The first-order chi connectivity index (χ1) is 14.0. The molecule has 3 aromatic heterocycles. The van der Waals surface area contributed by atoms with Crippen molar-refractivity contribution in [1.82, 2.24) is 14.6 Å². The smallest absolute Gasteiger partial charge is 0.189 e. The lowest BCUT2D eigenvalue weighted by Gasteiger charge is -2.31. The Balaban J connectivity index is 1.59. The molecule has 0 aliphatic heterocycles. The molecular formula is C20H25BrN6O2. The molecule has 0 unspecified atom stereocenters. The highest BCUT2D eigenvalue weighted by molar-refractivity contribution is 9.10. The van der Waals surface area contributed by atoms with Crippen LogP contribution in [0.3, 0.4) is 0 Å². The van der Waals surface area contributed by atoms with Crippen molar-refractivity contribution in [3.63, 3.8) is 0 Å². The molecule has 0 amide bonds. The summed E-state index contributed by atoms with van der Waals surface area (Å²) in [6.07, 6.45) is 7.65. The predicted octanol–water partition coefficient (Wildman–Crippen LogP) is 3.01. The van der Waals surface area contributed by atoms with Crippen LogP contribution in [-0.2, 0) is 6.54 Å². The van der Waals surface area contributed by atoms with Crippen molar-refractivity contribution in [3.8, 4) is 0 Å². The maximum absolute atomic E-state index is 11.8. The van der Waals surface area contributed by atoms with Crippen LogP contribution in [0.4, 0.5) is 11.6 Å². The Bertz CT molecular complexity index is 1010. The van der Waals surface area contributed by atoms with Gasteiger partial charge < -0.3 is 20.9 Å². The van der Waals surface area contributed by atoms with Crippen LogP contribution in [0.2, 0.25) is 0 Å². The van der Waals surface area contributed by atoms with Crippen LogP contribution < -0.4 is 15.4 Å². The average Bonchev–Trinajstić information content (AvgIpc) is 3.10. The molecule has 0 spiro atoms. The van der Waals surface area contributed by atoms with Crippen molar-refractivity contribution >= 4 is 33.2 Å². The number of nitrogens with one attached hydrogen (secondary N) is 2. The number of hydrogen-bond acceptors (Lipinski definition) is 6. The van der Waals surface area contributed by atoms with Gasteiger partial charge in [0.05, 0.1) is 10.7 Å². The summed E-state index contributed by atoms with van der Waals surface area (Å²) in [5.41, 5.74) is 2.24. The highest BCUT2D eigenvalue weighted by Crippen LogP contribution is 2.28. The topological polar surface area (TPSA) is 101 Å². The standard InChI is InChI=1S/C20H25BrN6O2/c1-13-6-7-14(11-26(13)29)9-22-19-8-18(25-20-16(21)10-23-27(19)20)24-17-5-3-2-4-15(17)12-28/h6-8,10-11,15,17,22,28H,2-5,9,12H2,1H3,(H,24,25)/t15-,17-/m1/s1. The highest BCUT2D eigenvalue weighted by Gasteiger charge is 2.25. The number of aromatic nitrogens is 4. The highest BCUT2D eigenvalue weighted by atomic mass is 79.9. The van der Waals surface area contributed by atoms with E-state index in [-0.39, 0.29) is 18.6 Å². The van der Waals surface area contributed by atoms with Gasteiger partial charge in [0.25, 0.3) is 0 Å². The fraction of sp³-hybridized carbons (Fsp3) is 0.450. The molecule has 3 heterocycles. The maximum Gasteiger partial charge on any atom is 0.189 e. The van der Waals surface area contributed by atoms with Gasteiger partial charge in [0, 0.05) is 49.7 Å². The Morgan fingerprint density at radius 3 is 2.97 bits per heavy atom. The molecule has 3 N–H and O–H groups in total. The first kappa shape index (κ1) is 19.9. The van der Waals surface area contributed by atoms with Crippen LogP contribution in [0, 0.1) is 18.0 Å². The third-order valence-electron chi connectivity index (χ3n) is 5.55. The molecule has 1 saturated carbocycles. The van der Waals surface area contributed by atoms with Crippen LogP contribution in [0.25, 0.3) is 5.65 Å². The molecule has 0 radical (unpaired) electrons. The molecule has 8 nitrogen and oxygen atoms in total. The SMILES string of the molecule is Cc1ccc(CNc2cc(N[C@@H]3CCCC[C@@H]3CO)nc3c(Br)cnn23)c[n+]1[O-]. The van der Waals surface area contributed by atoms with E-state index in [0.29, 0.717) is 17.9 Å². The minimum atomic E-state index is 0.185. The normalized spacial score (nSPS) is 19.4. The monoisotopic (exact) mass is 460 g/mol. The number of aliphatic hydroxyl groups is 1. The Morgan fingerprint density at radius 2 is 2.17 bits per heavy atom. The number of halogens is 1. The number of pyridine rings is 1. The summed E-state index contributed by atoms with van der Waals surface area (Å²) >= 11 is 3.51. The molecule has 1 aliphatic rings. The summed E-state index contributed by atoms with van der Waals surface area (Å²) in [7, 11) is 0. The van der Waals surface area contributed by atoms with Gasteiger partial charge in [-0.05, 0) is 34.8 Å². The molecule has 9 heteroatoms. The fourth-order valence-corrected chi connectivity index (χ4v) is 4.18. The van der Waals surface area contributed by atoms with E-state index in [4.69, 9.17) is 4.98 Å². The van der Waals surface area contributed by atoms with E-state index in [1.165, 1.54) is 0 Å². The van der Waals surface area contributed by atoms with Gasteiger partial charge in [-0.15, -0.1) is 0 Å². The zero-order chi connectivity index (χ0) is 20.4. The van der Waals surface area contributed by atoms with Gasteiger partial charge in [-0.1, -0.05) is 12.8 Å². The van der Waals surface area contributed by atoms with E-state index < -0.39 is 0 Å². The molecule has 4 rings (SSSR count). The van der Waals surface area contributed by atoms with Crippen molar-refractivity contribution in [2.75, 3.05) is 17.2 Å². The van der Waals surface area contributed by atoms with Crippen LogP contribution in [-0.4, -0.2) is 32.4 Å². The van der Waals surface area contributed by atoms with Crippen molar-refractivity contribution in [3.05, 3.63) is 51.5 Å². The first-order valence-corrected chi connectivity index (χ1v) is 10.7. The summed E-state index contributed by atoms with van der Waals surface area (Å²) < 4.78 is 3.41. The quantitative estimate of drug-likeness (QED) is 0.386.